The standard InChI is InChI=1S/C10H14O2/c1-2-9(10(11)12)8-6-4-3-5-7-8/h1,10-12H,3-7H2. The maximum Gasteiger partial charge on any atom is 0.186 e. The Bertz CT molecular complexity index is 212. The monoisotopic (exact) mass is 166 g/mol. The first-order chi connectivity index (χ1) is 5.75. The molecule has 1 rings (SSSR count). The van der Waals surface area contributed by atoms with Gasteiger partial charge in [0.1, 0.15) is 0 Å². The van der Waals surface area contributed by atoms with Gasteiger partial charge in [-0.25, -0.2) is 0 Å². The van der Waals surface area contributed by atoms with Crippen molar-refractivity contribution in [2.24, 2.45) is 0 Å². The van der Waals surface area contributed by atoms with Crippen molar-refractivity contribution in [3.05, 3.63) is 11.1 Å². The Kier molecular flexibility index (Phi) is 3.33. The molecule has 0 heterocycles. The van der Waals surface area contributed by atoms with Gasteiger partial charge in [0.25, 0.3) is 0 Å². The number of allylic oxidation sites excluding steroid dienone is 1. The van der Waals surface area contributed by atoms with Crippen LogP contribution in [0.1, 0.15) is 32.1 Å². The zero-order valence-electron chi connectivity index (χ0n) is 7.08. The van der Waals surface area contributed by atoms with Gasteiger partial charge >= 0.3 is 0 Å². The molecule has 66 valence electrons. The summed E-state index contributed by atoms with van der Waals surface area (Å²) in [6.07, 6.45) is 9.04. The van der Waals surface area contributed by atoms with E-state index < -0.39 is 6.29 Å². The smallest absolute Gasteiger partial charge is 0.186 e. The predicted octanol–water partition coefficient (Wildman–Crippen LogP) is 1.19. The molecular formula is C10H14O2. The summed E-state index contributed by atoms with van der Waals surface area (Å²) in [6, 6.07) is 0. The summed E-state index contributed by atoms with van der Waals surface area (Å²) in [4.78, 5) is 0. The Morgan fingerprint density at radius 3 is 2.25 bits per heavy atom. The van der Waals surface area contributed by atoms with Crippen LogP contribution in [0.2, 0.25) is 0 Å². The van der Waals surface area contributed by atoms with E-state index in [1.807, 2.05) is 0 Å². The molecule has 0 aromatic carbocycles. The molecule has 0 unspecified atom stereocenters. The molecule has 0 bridgehead atoms. The number of hydrogen-bond acceptors (Lipinski definition) is 2. The van der Waals surface area contributed by atoms with E-state index in [0.29, 0.717) is 5.57 Å². The van der Waals surface area contributed by atoms with Crippen molar-refractivity contribution >= 4 is 0 Å². The molecule has 1 aliphatic carbocycles. The summed E-state index contributed by atoms with van der Waals surface area (Å²) in [5.74, 6) is 2.35. The molecule has 1 saturated carbocycles. The fourth-order valence-electron chi connectivity index (χ4n) is 1.61. The molecule has 0 aromatic rings. The summed E-state index contributed by atoms with van der Waals surface area (Å²) in [5.41, 5.74) is 1.44. The van der Waals surface area contributed by atoms with Gasteiger partial charge in [0.2, 0.25) is 0 Å². The lowest BCUT2D eigenvalue weighted by atomic mass is 9.91. The molecule has 0 amide bonds. The molecular weight excluding hydrogens is 152 g/mol. The molecule has 0 aromatic heterocycles. The van der Waals surface area contributed by atoms with Crippen LogP contribution in [0.4, 0.5) is 0 Å². The number of aliphatic hydroxyl groups is 2. The van der Waals surface area contributed by atoms with Gasteiger partial charge in [-0.15, -0.1) is 6.42 Å². The van der Waals surface area contributed by atoms with Crippen molar-refractivity contribution in [3.63, 3.8) is 0 Å². The highest BCUT2D eigenvalue weighted by Gasteiger charge is 2.13. The minimum atomic E-state index is -1.46. The van der Waals surface area contributed by atoms with Crippen LogP contribution < -0.4 is 0 Å². The van der Waals surface area contributed by atoms with Crippen LogP contribution in [0, 0.1) is 12.3 Å². The zero-order chi connectivity index (χ0) is 8.97. The Morgan fingerprint density at radius 1 is 1.25 bits per heavy atom. The topological polar surface area (TPSA) is 40.5 Å². The van der Waals surface area contributed by atoms with Gasteiger partial charge < -0.3 is 10.2 Å². The highest BCUT2D eigenvalue weighted by Crippen LogP contribution is 2.26. The minimum absolute atomic E-state index is 0.384. The normalized spacial score (nSPS) is 17.7. The number of aliphatic hydroxyl groups excluding tert-OH is 1. The van der Waals surface area contributed by atoms with Crippen molar-refractivity contribution in [2.45, 2.75) is 38.4 Å². The molecule has 0 atom stereocenters. The fourth-order valence-corrected chi connectivity index (χ4v) is 1.61. The van der Waals surface area contributed by atoms with Gasteiger partial charge in [0.05, 0.1) is 5.57 Å². The third kappa shape index (κ3) is 2.10. The quantitative estimate of drug-likeness (QED) is 0.454. The highest BCUT2D eigenvalue weighted by atomic mass is 16.5. The maximum absolute atomic E-state index is 8.92. The molecule has 0 radical (unpaired) electrons. The largest absolute Gasteiger partial charge is 0.364 e. The second kappa shape index (κ2) is 4.30. The lowest BCUT2D eigenvalue weighted by molar-refractivity contribution is -0.00509. The van der Waals surface area contributed by atoms with Crippen molar-refractivity contribution in [3.8, 4) is 12.3 Å². The summed E-state index contributed by atoms with van der Waals surface area (Å²) < 4.78 is 0. The second-order valence-corrected chi connectivity index (χ2v) is 3.10. The van der Waals surface area contributed by atoms with Crippen molar-refractivity contribution in [1.82, 2.24) is 0 Å². The Hall–Kier alpha value is -0.780. The van der Waals surface area contributed by atoms with Crippen LogP contribution in [-0.4, -0.2) is 16.5 Å². The first kappa shape index (κ1) is 9.31. The molecule has 2 N–H and O–H groups in total. The first-order valence-electron chi connectivity index (χ1n) is 4.30. The molecule has 1 aliphatic rings. The third-order valence-corrected chi connectivity index (χ3v) is 2.25. The van der Waals surface area contributed by atoms with Crippen LogP contribution in [0.5, 0.6) is 0 Å². The first-order valence-corrected chi connectivity index (χ1v) is 4.30. The van der Waals surface area contributed by atoms with Gasteiger partial charge in [-0.1, -0.05) is 17.9 Å². The Balaban J connectivity index is 2.77. The summed E-state index contributed by atoms with van der Waals surface area (Å²) in [7, 11) is 0. The minimum Gasteiger partial charge on any atom is -0.364 e. The molecule has 2 heteroatoms. The lowest BCUT2D eigenvalue weighted by Crippen LogP contribution is -2.11. The van der Waals surface area contributed by atoms with E-state index in [0.717, 1.165) is 31.3 Å². The molecule has 1 fully saturated rings. The molecule has 12 heavy (non-hydrogen) atoms. The molecule has 0 saturated heterocycles. The third-order valence-electron chi connectivity index (χ3n) is 2.25. The van der Waals surface area contributed by atoms with Gasteiger partial charge in [0, 0.05) is 0 Å². The number of hydrogen-bond donors (Lipinski definition) is 2. The van der Waals surface area contributed by atoms with E-state index in [1.54, 1.807) is 0 Å². The van der Waals surface area contributed by atoms with Crippen LogP contribution in [0.3, 0.4) is 0 Å². The van der Waals surface area contributed by atoms with E-state index in [9.17, 15) is 0 Å². The number of rotatable bonds is 1. The van der Waals surface area contributed by atoms with Crippen LogP contribution in [0.15, 0.2) is 11.1 Å². The Labute approximate surface area is 72.9 Å². The average Bonchev–Trinajstić information content (AvgIpc) is 2.07. The summed E-state index contributed by atoms with van der Waals surface area (Å²) >= 11 is 0. The van der Waals surface area contributed by atoms with Gasteiger partial charge in [-0.2, -0.15) is 0 Å². The predicted molar refractivity (Wildman–Crippen MR) is 47.2 cm³/mol. The highest BCUT2D eigenvalue weighted by molar-refractivity contribution is 5.33. The van der Waals surface area contributed by atoms with E-state index in [-0.39, 0.29) is 0 Å². The van der Waals surface area contributed by atoms with Crippen molar-refractivity contribution in [1.29, 1.82) is 0 Å². The molecule has 2 nitrogen and oxygen atoms in total. The van der Waals surface area contributed by atoms with Crippen molar-refractivity contribution < 1.29 is 10.2 Å². The molecule has 0 aliphatic heterocycles. The lowest BCUT2D eigenvalue weighted by Gasteiger charge is -2.17. The van der Waals surface area contributed by atoms with Crippen LogP contribution in [-0.2, 0) is 0 Å². The van der Waals surface area contributed by atoms with Crippen LogP contribution >= 0.6 is 0 Å². The van der Waals surface area contributed by atoms with Gasteiger partial charge in [0.15, 0.2) is 6.29 Å². The van der Waals surface area contributed by atoms with E-state index in [1.165, 1.54) is 6.42 Å². The Morgan fingerprint density at radius 2 is 1.83 bits per heavy atom. The number of terminal acetylenes is 1. The SMILES string of the molecule is C#CC(=C1CCCCC1)C(O)O. The van der Waals surface area contributed by atoms with Crippen molar-refractivity contribution in [2.75, 3.05) is 0 Å². The average molecular weight is 166 g/mol. The van der Waals surface area contributed by atoms with Crippen LogP contribution in [0.25, 0.3) is 0 Å². The maximum atomic E-state index is 8.92. The molecule has 0 spiro atoms. The zero-order valence-corrected chi connectivity index (χ0v) is 7.08. The fraction of sp³-hybridized carbons (Fsp3) is 0.600. The van der Waals surface area contributed by atoms with E-state index in [4.69, 9.17) is 16.6 Å². The summed E-state index contributed by atoms with van der Waals surface area (Å²) in [6.45, 7) is 0. The van der Waals surface area contributed by atoms with E-state index in [2.05, 4.69) is 5.92 Å². The second-order valence-electron chi connectivity index (χ2n) is 3.10. The summed E-state index contributed by atoms with van der Waals surface area (Å²) in [5, 5.41) is 17.8. The van der Waals surface area contributed by atoms with E-state index >= 15 is 0 Å². The van der Waals surface area contributed by atoms with Gasteiger partial charge in [-0.3, -0.25) is 0 Å². The van der Waals surface area contributed by atoms with Gasteiger partial charge in [-0.05, 0) is 25.7 Å².